The Balaban J connectivity index is 1.95. The molecule has 0 aliphatic carbocycles. The summed E-state index contributed by atoms with van der Waals surface area (Å²) in [6.07, 6.45) is 0. The van der Waals surface area contributed by atoms with Gasteiger partial charge in [0.25, 0.3) is 0 Å². The van der Waals surface area contributed by atoms with E-state index in [-0.39, 0.29) is 0 Å². The molecule has 0 aliphatic rings. The third-order valence-electron chi connectivity index (χ3n) is 3.99. The highest BCUT2D eigenvalue weighted by Gasteiger charge is 2.11. The molecule has 2 heterocycles. The number of H-pyrrole nitrogens is 1. The van der Waals surface area contributed by atoms with E-state index in [1.54, 1.807) is 11.3 Å². The van der Waals surface area contributed by atoms with Crippen LogP contribution in [0.1, 0.15) is 5.56 Å². The molecule has 2 aromatic carbocycles. The number of pyridine rings is 1. The van der Waals surface area contributed by atoms with Gasteiger partial charge in [-0.3, -0.25) is 0 Å². The summed E-state index contributed by atoms with van der Waals surface area (Å²) in [4.78, 5) is 4.26. The van der Waals surface area contributed by atoms with Crippen LogP contribution in [0.15, 0.2) is 66.0 Å². The number of nitriles is 1. The zero-order valence-corrected chi connectivity index (χ0v) is 14.2. The van der Waals surface area contributed by atoms with E-state index < -0.39 is 0 Å². The molecular formula is C20H12N2S2. The molecule has 0 unspecified atom stereocenters. The van der Waals surface area contributed by atoms with Crippen LogP contribution >= 0.6 is 23.6 Å². The lowest BCUT2D eigenvalue weighted by atomic mass is 10.0. The molecule has 0 fully saturated rings. The zero-order chi connectivity index (χ0) is 16.5. The van der Waals surface area contributed by atoms with E-state index in [2.05, 4.69) is 41.4 Å². The maximum absolute atomic E-state index is 9.47. The highest BCUT2D eigenvalue weighted by Crippen LogP contribution is 2.32. The molecule has 0 amide bonds. The van der Waals surface area contributed by atoms with Crippen molar-refractivity contribution in [3.63, 3.8) is 0 Å². The van der Waals surface area contributed by atoms with Gasteiger partial charge in [-0.15, -0.1) is 11.3 Å². The third-order valence-corrected chi connectivity index (χ3v) is 5.20. The normalized spacial score (nSPS) is 10.6. The molecule has 0 saturated heterocycles. The third kappa shape index (κ3) is 2.54. The molecule has 4 aromatic rings. The standard InChI is InChI=1S/C20H12N2S2/c21-12-17-16(19-6-3-9-24-19)11-18(22-20(17)23)15-8-7-13-4-1-2-5-14(13)10-15/h1-11H,(H,22,23). The fourth-order valence-corrected chi connectivity index (χ4v) is 3.82. The van der Waals surface area contributed by atoms with Gasteiger partial charge in [0, 0.05) is 16.1 Å². The van der Waals surface area contributed by atoms with E-state index in [0.29, 0.717) is 10.2 Å². The average molecular weight is 344 g/mol. The lowest BCUT2D eigenvalue weighted by Crippen LogP contribution is -1.92. The molecule has 4 heteroatoms. The minimum absolute atomic E-state index is 0.478. The Bertz CT molecular complexity index is 1130. The first-order valence-electron chi connectivity index (χ1n) is 7.47. The van der Waals surface area contributed by atoms with Crippen LogP contribution in [0.2, 0.25) is 0 Å². The molecule has 2 aromatic heterocycles. The minimum atomic E-state index is 0.478. The van der Waals surface area contributed by atoms with Crippen molar-refractivity contribution in [1.82, 2.24) is 4.98 Å². The summed E-state index contributed by atoms with van der Waals surface area (Å²) < 4.78 is 0.478. The van der Waals surface area contributed by atoms with Crippen molar-refractivity contribution in [3.05, 3.63) is 76.2 Å². The summed E-state index contributed by atoms with van der Waals surface area (Å²) in [6.45, 7) is 0. The lowest BCUT2D eigenvalue weighted by molar-refractivity contribution is 1.28. The second-order valence-corrected chi connectivity index (χ2v) is 6.81. The van der Waals surface area contributed by atoms with E-state index in [0.717, 1.165) is 21.7 Å². The van der Waals surface area contributed by atoms with Gasteiger partial charge in [-0.2, -0.15) is 5.26 Å². The first kappa shape index (κ1) is 14.8. The van der Waals surface area contributed by atoms with Crippen LogP contribution in [-0.2, 0) is 0 Å². The summed E-state index contributed by atoms with van der Waals surface area (Å²) in [5, 5.41) is 13.9. The van der Waals surface area contributed by atoms with Crippen LogP contribution < -0.4 is 0 Å². The van der Waals surface area contributed by atoms with Crippen molar-refractivity contribution >= 4 is 34.3 Å². The minimum Gasteiger partial charge on any atom is -0.345 e. The van der Waals surface area contributed by atoms with E-state index in [9.17, 15) is 5.26 Å². The fourth-order valence-electron chi connectivity index (χ4n) is 2.81. The first-order valence-corrected chi connectivity index (χ1v) is 8.75. The van der Waals surface area contributed by atoms with Crippen LogP contribution in [0.25, 0.3) is 32.5 Å². The van der Waals surface area contributed by atoms with Crippen LogP contribution in [0.5, 0.6) is 0 Å². The molecular weight excluding hydrogens is 332 g/mol. The van der Waals surface area contributed by atoms with Crippen molar-refractivity contribution in [1.29, 1.82) is 5.26 Å². The molecule has 24 heavy (non-hydrogen) atoms. The van der Waals surface area contributed by atoms with Gasteiger partial charge in [0.1, 0.15) is 10.7 Å². The van der Waals surface area contributed by atoms with Gasteiger partial charge in [0.2, 0.25) is 0 Å². The number of hydrogen-bond acceptors (Lipinski definition) is 3. The molecule has 0 atom stereocenters. The monoisotopic (exact) mass is 344 g/mol. The Morgan fingerprint density at radius 2 is 1.79 bits per heavy atom. The Morgan fingerprint density at radius 1 is 0.958 bits per heavy atom. The Hall–Kier alpha value is -2.74. The van der Waals surface area contributed by atoms with Crippen LogP contribution in [-0.4, -0.2) is 4.98 Å². The second kappa shape index (κ2) is 6.04. The molecule has 114 valence electrons. The van der Waals surface area contributed by atoms with E-state index in [4.69, 9.17) is 12.2 Å². The Kier molecular flexibility index (Phi) is 3.73. The van der Waals surface area contributed by atoms with E-state index >= 15 is 0 Å². The van der Waals surface area contributed by atoms with Crippen LogP contribution in [0.4, 0.5) is 0 Å². The van der Waals surface area contributed by atoms with E-state index in [1.165, 1.54) is 10.8 Å². The number of nitrogens with zero attached hydrogens (tertiary/aromatic N) is 1. The van der Waals surface area contributed by atoms with Crippen molar-refractivity contribution in [3.8, 4) is 27.8 Å². The van der Waals surface area contributed by atoms with Gasteiger partial charge in [-0.25, -0.2) is 0 Å². The summed E-state index contributed by atoms with van der Waals surface area (Å²) in [7, 11) is 0. The SMILES string of the molecule is N#Cc1c(-c2cccs2)cc(-c2ccc3ccccc3c2)[nH]c1=S. The summed E-state index contributed by atoms with van der Waals surface area (Å²) in [6, 6.07) is 22.8. The maximum Gasteiger partial charge on any atom is 0.122 e. The highest BCUT2D eigenvalue weighted by atomic mass is 32.1. The maximum atomic E-state index is 9.47. The van der Waals surface area contributed by atoms with Gasteiger partial charge in [0.15, 0.2) is 0 Å². The van der Waals surface area contributed by atoms with Gasteiger partial charge in [0.05, 0.1) is 5.56 Å². The van der Waals surface area contributed by atoms with Crippen molar-refractivity contribution in [2.24, 2.45) is 0 Å². The number of rotatable bonds is 2. The summed E-state index contributed by atoms with van der Waals surface area (Å²) >= 11 is 7.03. The molecule has 1 N–H and O–H groups in total. The molecule has 0 radical (unpaired) electrons. The second-order valence-electron chi connectivity index (χ2n) is 5.45. The smallest absolute Gasteiger partial charge is 0.122 e. The quantitative estimate of drug-likeness (QED) is 0.442. The number of aromatic amines is 1. The summed E-state index contributed by atoms with van der Waals surface area (Å²) in [5.74, 6) is 0. The van der Waals surface area contributed by atoms with Gasteiger partial charge >= 0.3 is 0 Å². The predicted molar refractivity (Wildman–Crippen MR) is 103 cm³/mol. The van der Waals surface area contributed by atoms with Gasteiger partial charge < -0.3 is 4.98 Å². The van der Waals surface area contributed by atoms with Crippen molar-refractivity contribution < 1.29 is 0 Å². The molecule has 2 nitrogen and oxygen atoms in total. The average Bonchev–Trinajstić information content (AvgIpc) is 3.15. The highest BCUT2D eigenvalue weighted by molar-refractivity contribution is 7.71. The topological polar surface area (TPSA) is 39.6 Å². The van der Waals surface area contributed by atoms with Gasteiger partial charge in [-0.1, -0.05) is 54.7 Å². The first-order chi connectivity index (χ1) is 11.8. The number of benzene rings is 2. The van der Waals surface area contributed by atoms with Gasteiger partial charge in [-0.05, 0) is 39.9 Å². The number of thiophene rings is 1. The number of nitrogens with one attached hydrogen (secondary N) is 1. The van der Waals surface area contributed by atoms with Crippen LogP contribution in [0, 0.1) is 16.0 Å². The Morgan fingerprint density at radius 3 is 2.54 bits per heavy atom. The largest absolute Gasteiger partial charge is 0.345 e. The predicted octanol–water partition coefficient (Wildman–Crippen LogP) is 6.16. The molecule has 0 bridgehead atoms. The zero-order valence-electron chi connectivity index (χ0n) is 12.6. The van der Waals surface area contributed by atoms with Crippen LogP contribution in [0.3, 0.4) is 0 Å². The van der Waals surface area contributed by atoms with E-state index in [1.807, 2.05) is 35.7 Å². The number of hydrogen-bond donors (Lipinski definition) is 1. The van der Waals surface area contributed by atoms with Crippen molar-refractivity contribution in [2.45, 2.75) is 0 Å². The molecule has 0 saturated carbocycles. The molecule has 0 spiro atoms. The summed E-state index contributed by atoms with van der Waals surface area (Å²) in [5.41, 5.74) is 3.40. The van der Waals surface area contributed by atoms with Crippen molar-refractivity contribution in [2.75, 3.05) is 0 Å². The molecule has 0 aliphatic heterocycles. The lowest BCUT2D eigenvalue weighted by Gasteiger charge is -2.09. The molecule has 4 rings (SSSR count). The fraction of sp³-hybridized carbons (Fsp3) is 0. The number of aromatic nitrogens is 1. The Labute approximate surface area is 148 Å². The number of fused-ring (bicyclic) bond motifs is 1.